The molecule has 3 aromatic rings. The number of aromatic nitrogens is 3. The van der Waals surface area contributed by atoms with Gasteiger partial charge in [-0.2, -0.15) is 0 Å². The second-order valence-corrected chi connectivity index (χ2v) is 4.11. The van der Waals surface area contributed by atoms with E-state index in [1.165, 1.54) is 6.07 Å². The number of H-pyrrole nitrogens is 1. The van der Waals surface area contributed by atoms with E-state index in [1.807, 2.05) is 24.3 Å². The van der Waals surface area contributed by atoms with Crippen LogP contribution in [0.1, 0.15) is 0 Å². The van der Waals surface area contributed by atoms with Crippen molar-refractivity contribution in [1.82, 2.24) is 14.6 Å². The van der Waals surface area contributed by atoms with Crippen LogP contribution in [0.5, 0.6) is 0 Å². The Morgan fingerprint density at radius 3 is 2.65 bits per heavy atom. The average molecular weight is 246 g/mol. The minimum Gasteiger partial charge on any atom is -0.268 e. The van der Waals surface area contributed by atoms with E-state index >= 15 is 0 Å². The van der Waals surface area contributed by atoms with E-state index < -0.39 is 0 Å². The molecule has 84 valence electrons. The third-order valence-corrected chi connectivity index (χ3v) is 2.74. The predicted octanol–water partition coefficient (Wildman–Crippen LogP) is 2.34. The molecule has 4 nitrogen and oxygen atoms in total. The standard InChI is InChI=1S/C12H8ClN3O/c13-9-3-1-8(2-4-9)10-7-16-11(14-10)5-6-12(17)15-16/h1-7H,(H,15,17). The fraction of sp³-hybridized carbons (Fsp3) is 0. The molecular formula is C12H8ClN3O. The number of fused-ring (bicyclic) bond motifs is 1. The Bertz CT molecular complexity index is 727. The van der Waals surface area contributed by atoms with Gasteiger partial charge in [-0.1, -0.05) is 23.7 Å². The molecule has 0 atom stereocenters. The molecule has 0 saturated carbocycles. The molecule has 5 heteroatoms. The third-order valence-electron chi connectivity index (χ3n) is 2.49. The summed E-state index contributed by atoms with van der Waals surface area (Å²) in [7, 11) is 0. The van der Waals surface area contributed by atoms with Gasteiger partial charge in [0.2, 0.25) is 0 Å². The van der Waals surface area contributed by atoms with Crippen LogP contribution >= 0.6 is 11.6 Å². The van der Waals surface area contributed by atoms with Crippen molar-refractivity contribution in [1.29, 1.82) is 0 Å². The number of nitrogens with zero attached hydrogens (tertiary/aromatic N) is 2. The molecule has 1 aromatic carbocycles. The SMILES string of the molecule is O=c1ccc2nc(-c3ccc(Cl)cc3)cn2[nH]1. The highest BCUT2D eigenvalue weighted by atomic mass is 35.5. The number of halogens is 1. The quantitative estimate of drug-likeness (QED) is 0.715. The average Bonchev–Trinajstić information content (AvgIpc) is 2.72. The van der Waals surface area contributed by atoms with Gasteiger partial charge in [-0.05, 0) is 18.2 Å². The first kappa shape index (κ1) is 10.1. The molecule has 0 unspecified atom stereocenters. The number of rotatable bonds is 1. The normalized spacial score (nSPS) is 10.9. The third kappa shape index (κ3) is 1.83. The maximum absolute atomic E-state index is 11.2. The topological polar surface area (TPSA) is 50.2 Å². The summed E-state index contributed by atoms with van der Waals surface area (Å²) in [6.45, 7) is 0. The zero-order chi connectivity index (χ0) is 11.8. The fourth-order valence-electron chi connectivity index (χ4n) is 1.67. The molecule has 0 fully saturated rings. The number of nitrogens with one attached hydrogen (secondary N) is 1. The zero-order valence-electron chi connectivity index (χ0n) is 8.72. The van der Waals surface area contributed by atoms with Gasteiger partial charge in [0, 0.05) is 16.7 Å². The van der Waals surface area contributed by atoms with Crippen LogP contribution in [0, 0.1) is 0 Å². The van der Waals surface area contributed by atoms with Crippen molar-refractivity contribution in [3.63, 3.8) is 0 Å². The summed E-state index contributed by atoms with van der Waals surface area (Å²) >= 11 is 5.83. The second kappa shape index (κ2) is 3.75. The van der Waals surface area contributed by atoms with Crippen LogP contribution in [0.2, 0.25) is 5.02 Å². The van der Waals surface area contributed by atoms with E-state index in [9.17, 15) is 4.79 Å². The Labute approximate surface area is 101 Å². The van der Waals surface area contributed by atoms with Crippen LogP contribution in [0.15, 0.2) is 47.4 Å². The van der Waals surface area contributed by atoms with Gasteiger partial charge in [0.25, 0.3) is 5.56 Å². The Balaban J connectivity index is 2.17. The van der Waals surface area contributed by atoms with Crippen LogP contribution in [0.3, 0.4) is 0 Å². The molecule has 0 amide bonds. The van der Waals surface area contributed by atoms with E-state index in [2.05, 4.69) is 10.1 Å². The van der Waals surface area contributed by atoms with Crippen LogP contribution in [-0.4, -0.2) is 14.6 Å². The number of aromatic amines is 1. The van der Waals surface area contributed by atoms with E-state index in [0.29, 0.717) is 10.7 Å². The highest BCUT2D eigenvalue weighted by Crippen LogP contribution is 2.20. The van der Waals surface area contributed by atoms with Crippen LogP contribution in [0.4, 0.5) is 0 Å². The Morgan fingerprint density at radius 1 is 1.12 bits per heavy atom. The minimum absolute atomic E-state index is 0.155. The maximum atomic E-state index is 11.2. The van der Waals surface area contributed by atoms with Crippen molar-refractivity contribution in [3.8, 4) is 11.3 Å². The highest BCUT2D eigenvalue weighted by Gasteiger charge is 2.04. The zero-order valence-corrected chi connectivity index (χ0v) is 9.48. The highest BCUT2D eigenvalue weighted by molar-refractivity contribution is 6.30. The second-order valence-electron chi connectivity index (χ2n) is 3.67. The molecular weight excluding hydrogens is 238 g/mol. The first-order valence-corrected chi connectivity index (χ1v) is 5.44. The van der Waals surface area contributed by atoms with Crippen LogP contribution in [-0.2, 0) is 0 Å². The van der Waals surface area contributed by atoms with Gasteiger partial charge in [0.1, 0.15) is 0 Å². The Kier molecular flexibility index (Phi) is 2.23. The molecule has 0 aliphatic rings. The molecule has 0 saturated heterocycles. The van der Waals surface area contributed by atoms with Gasteiger partial charge in [0.15, 0.2) is 5.65 Å². The van der Waals surface area contributed by atoms with Gasteiger partial charge in [0.05, 0.1) is 11.9 Å². The van der Waals surface area contributed by atoms with E-state index in [4.69, 9.17) is 11.6 Å². The molecule has 3 rings (SSSR count). The van der Waals surface area contributed by atoms with Crippen LogP contribution in [0.25, 0.3) is 16.9 Å². The lowest BCUT2D eigenvalue weighted by Gasteiger charge is -1.94. The van der Waals surface area contributed by atoms with Crippen molar-refractivity contribution in [2.45, 2.75) is 0 Å². The van der Waals surface area contributed by atoms with Crippen molar-refractivity contribution in [2.75, 3.05) is 0 Å². The van der Waals surface area contributed by atoms with E-state index in [0.717, 1.165) is 11.3 Å². The molecule has 0 aliphatic heterocycles. The van der Waals surface area contributed by atoms with Gasteiger partial charge in [-0.25, -0.2) is 9.50 Å². The summed E-state index contributed by atoms with van der Waals surface area (Å²) in [6.07, 6.45) is 1.78. The summed E-state index contributed by atoms with van der Waals surface area (Å²) < 4.78 is 1.60. The van der Waals surface area contributed by atoms with Crippen molar-refractivity contribution < 1.29 is 0 Å². The molecule has 0 bridgehead atoms. The summed E-state index contributed by atoms with van der Waals surface area (Å²) in [6, 6.07) is 10.5. The molecule has 0 spiro atoms. The van der Waals surface area contributed by atoms with Crippen molar-refractivity contribution >= 4 is 17.2 Å². The largest absolute Gasteiger partial charge is 0.268 e. The molecule has 17 heavy (non-hydrogen) atoms. The monoisotopic (exact) mass is 245 g/mol. The molecule has 0 aliphatic carbocycles. The Hall–Kier alpha value is -2.07. The van der Waals surface area contributed by atoms with E-state index in [1.54, 1.807) is 16.8 Å². The number of imidazole rings is 1. The molecule has 0 radical (unpaired) electrons. The first-order valence-electron chi connectivity index (χ1n) is 5.07. The molecule has 2 aromatic heterocycles. The fourth-order valence-corrected chi connectivity index (χ4v) is 1.79. The minimum atomic E-state index is -0.155. The summed E-state index contributed by atoms with van der Waals surface area (Å²) in [5.41, 5.74) is 2.30. The molecule has 2 heterocycles. The van der Waals surface area contributed by atoms with Gasteiger partial charge in [-0.15, -0.1) is 0 Å². The van der Waals surface area contributed by atoms with Crippen LogP contribution < -0.4 is 5.56 Å². The summed E-state index contributed by atoms with van der Waals surface area (Å²) in [5, 5.41) is 3.35. The lowest BCUT2D eigenvalue weighted by molar-refractivity contribution is 0.905. The Morgan fingerprint density at radius 2 is 1.88 bits per heavy atom. The summed E-state index contributed by atoms with van der Waals surface area (Å²) in [4.78, 5) is 15.6. The van der Waals surface area contributed by atoms with Gasteiger partial charge < -0.3 is 0 Å². The van der Waals surface area contributed by atoms with Gasteiger partial charge in [-0.3, -0.25) is 9.89 Å². The van der Waals surface area contributed by atoms with Gasteiger partial charge >= 0.3 is 0 Å². The maximum Gasteiger partial charge on any atom is 0.262 e. The number of benzene rings is 1. The summed E-state index contributed by atoms with van der Waals surface area (Å²) in [5.74, 6) is 0. The number of hydrogen-bond donors (Lipinski definition) is 1. The van der Waals surface area contributed by atoms with Crippen molar-refractivity contribution in [2.24, 2.45) is 0 Å². The predicted molar refractivity (Wildman–Crippen MR) is 66.3 cm³/mol. The molecule has 1 N–H and O–H groups in total. The number of hydrogen-bond acceptors (Lipinski definition) is 2. The smallest absolute Gasteiger partial charge is 0.262 e. The first-order chi connectivity index (χ1) is 8.22. The van der Waals surface area contributed by atoms with Crippen molar-refractivity contribution in [3.05, 3.63) is 58.0 Å². The lowest BCUT2D eigenvalue weighted by Crippen LogP contribution is -2.07. The lowest BCUT2D eigenvalue weighted by atomic mass is 10.2. The van der Waals surface area contributed by atoms with E-state index in [-0.39, 0.29) is 5.56 Å².